The van der Waals surface area contributed by atoms with Crippen molar-refractivity contribution in [2.45, 2.75) is 23.8 Å². The van der Waals surface area contributed by atoms with E-state index in [4.69, 9.17) is 23.2 Å². The predicted molar refractivity (Wildman–Crippen MR) is 79.0 cm³/mol. The van der Waals surface area contributed by atoms with Crippen LogP contribution in [0.2, 0.25) is 10.0 Å². The van der Waals surface area contributed by atoms with Gasteiger partial charge in [0.2, 0.25) is 5.91 Å². The van der Waals surface area contributed by atoms with Crippen LogP contribution in [-0.4, -0.2) is 40.9 Å². The van der Waals surface area contributed by atoms with E-state index >= 15 is 0 Å². The van der Waals surface area contributed by atoms with Gasteiger partial charge in [0.1, 0.15) is 0 Å². The smallest absolute Gasteiger partial charge is 0.233 e. The Morgan fingerprint density at radius 2 is 2.26 bits per heavy atom. The van der Waals surface area contributed by atoms with E-state index in [1.165, 1.54) is 11.8 Å². The Labute approximate surface area is 126 Å². The van der Waals surface area contributed by atoms with Gasteiger partial charge in [0.05, 0.1) is 23.4 Å². The molecule has 0 spiro atoms. The van der Waals surface area contributed by atoms with Gasteiger partial charge in [-0.25, -0.2) is 0 Å². The number of rotatable bonds is 4. The van der Waals surface area contributed by atoms with Gasteiger partial charge in [0.25, 0.3) is 0 Å². The molecule has 1 aromatic rings. The summed E-state index contributed by atoms with van der Waals surface area (Å²) in [6.07, 6.45) is 1.84. The third-order valence-corrected chi connectivity index (χ3v) is 4.87. The minimum absolute atomic E-state index is 0.0251. The van der Waals surface area contributed by atoms with Crippen LogP contribution < -0.4 is 0 Å². The van der Waals surface area contributed by atoms with Crippen LogP contribution in [0.5, 0.6) is 0 Å². The molecule has 1 aliphatic rings. The quantitative estimate of drug-likeness (QED) is 0.867. The summed E-state index contributed by atoms with van der Waals surface area (Å²) in [4.78, 5) is 14.7. The average molecular weight is 320 g/mol. The first-order valence-corrected chi connectivity index (χ1v) is 7.84. The number of halogens is 2. The van der Waals surface area contributed by atoms with Crippen LogP contribution in [0, 0.1) is 0 Å². The number of nitrogens with zero attached hydrogens (tertiary/aromatic N) is 1. The second-order valence-corrected chi connectivity index (χ2v) is 6.29. The fourth-order valence-electron chi connectivity index (χ4n) is 2.16. The molecule has 0 saturated carbocycles. The molecule has 3 nitrogen and oxygen atoms in total. The molecule has 1 aliphatic heterocycles. The molecule has 0 unspecified atom stereocenters. The van der Waals surface area contributed by atoms with Crippen molar-refractivity contribution in [2.75, 3.05) is 18.9 Å². The topological polar surface area (TPSA) is 40.5 Å². The van der Waals surface area contributed by atoms with Crippen LogP contribution >= 0.6 is 35.0 Å². The molecule has 1 amide bonds. The van der Waals surface area contributed by atoms with Crippen molar-refractivity contribution in [1.82, 2.24) is 4.90 Å². The number of aliphatic hydroxyl groups excluding tert-OH is 1. The summed E-state index contributed by atoms with van der Waals surface area (Å²) in [5.41, 5.74) is 0. The predicted octanol–water partition coefficient (Wildman–Crippen LogP) is 3.07. The van der Waals surface area contributed by atoms with Crippen molar-refractivity contribution in [3.63, 3.8) is 0 Å². The lowest BCUT2D eigenvalue weighted by atomic mass is 10.2. The van der Waals surface area contributed by atoms with Gasteiger partial charge in [-0.05, 0) is 31.0 Å². The summed E-state index contributed by atoms with van der Waals surface area (Å²) < 4.78 is 0. The number of hydrogen-bond donors (Lipinski definition) is 1. The molecule has 0 bridgehead atoms. The van der Waals surface area contributed by atoms with E-state index in [9.17, 15) is 9.90 Å². The first-order valence-electron chi connectivity index (χ1n) is 6.10. The Balaban J connectivity index is 1.95. The van der Waals surface area contributed by atoms with Crippen molar-refractivity contribution in [2.24, 2.45) is 0 Å². The fourth-order valence-corrected chi connectivity index (χ4v) is 3.54. The van der Waals surface area contributed by atoms with Crippen molar-refractivity contribution >= 4 is 40.9 Å². The average Bonchev–Trinajstić information content (AvgIpc) is 2.88. The highest BCUT2D eigenvalue weighted by atomic mass is 35.5. The highest BCUT2D eigenvalue weighted by Crippen LogP contribution is 2.30. The third-order valence-electron chi connectivity index (χ3n) is 3.15. The highest BCUT2D eigenvalue weighted by Gasteiger charge is 2.27. The number of carbonyl (C=O) groups is 1. The molecule has 19 heavy (non-hydrogen) atoms. The number of carbonyl (C=O) groups excluding carboxylic acids is 1. The van der Waals surface area contributed by atoms with Crippen LogP contribution in [0.15, 0.2) is 23.1 Å². The molecular formula is C13H15Cl2NO2S. The summed E-state index contributed by atoms with van der Waals surface area (Å²) in [5.74, 6) is 0.355. The number of amides is 1. The van der Waals surface area contributed by atoms with Gasteiger partial charge in [-0.1, -0.05) is 23.2 Å². The Kier molecular flexibility index (Phi) is 5.39. The monoisotopic (exact) mass is 319 g/mol. The van der Waals surface area contributed by atoms with Gasteiger partial charge < -0.3 is 10.0 Å². The van der Waals surface area contributed by atoms with E-state index < -0.39 is 0 Å². The van der Waals surface area contributed by atoms with Crippen molar-refractivity contribution < 1.29 is 9.90 Å². The van der Waals surface area contributed by atoms with E-state index in [0.29, 0.717) is 15.8 Å². The number of aliphatic hydroxyl groups is 1. The summed E-state index contributed by atoms with van der Waals surface area (Å²) in [6, 6.07) is 5.18. The lowest BCUT2D eigenvalue weighted by Gasteiger charge is -2.22. The molecule has 1 fully saturated rings. The molecule has 1 saturated heterocycles. The van der Waals surface area contributed by atoms with Crippen LogP contribution in [0.1, 0.15) is 12.8 Å². The van der Waals surface area contributed by atoms with Gasteiger partial charge in [0.15, 0.2) is 0 Å². The van der Waals surface area contributed by atoms with Crippen molar-refractivity contribution in [3.05, 3.63) is 28.2 Å². The third kappa shape index (κ3) is 3.78. The van der Waals surface area contributed by atoms with Crippen LogP contribution in [0.25, 0.3) is 0 Å². The van der Waals surface area contributed by atoms with Gasteiger partial charge in [-0.15, -0.1) is 11.8 Å². The standard InChI is InChI=1S/C13H15Cl2NO2S/c14-9-3-4-11(15)12(6-9)19-8-13(18)16-5-1-2-10(16)7-17/h3-4,6,10,17H,1-2,5,7-8H2/t10-/m0/s1. The molecule has 0 aromatic heterocycles. The Bertz CT molecular complexity index is 470. The lowest BCUT2D eigenvalue weighted by Crippen LogP contribution is -2.38. The number of hydrogen-bond acceptors (Lipinski definition) is 3. The van der Waals surface area contributed by atoms with Crippen molar-refractivity contribution in [3.8, 4) is 0 Å². The first kappa shape index (κ1) is 15.0. The van der Waals surface area contributed by atoms with E-state index in [0.717, 1.165) is 24.3 Å². The maximum atomic E-state index is 12.1. The zero-order valence-electron chi connectivity index (χ0n) is 10.3. The van der Waals surface area contributed by atoms with E-state index in [1.54, 1.807) is 23.1 Å². The van der Waals surface area contributed by atoms with Gasteiger partial charge in [-0.2, -0.15) is 0 Å². The second kappa shape index (κ2) is 6.84. The number of benzene rings is 1. The van der Waals surface area contributed by atoms with Crippen molar-refractivity contribution in [1.29, 1.82) is 0 Å². The minimum Gasteiger partial charge on any atom is -0.394 e. The maximum Gasteiger partial charge on any atom is 0.233 e. The molecule has 0 radical (unpaired) electrons. The number of thioether (sulfide) groups is 1. The van der Waals surface area contributed by atoms with E-state index in [2.05, 4.69) is 0 Å². The molecule has 2 rings (SSSR count). The first-order chi connectivity index (χ1) is 9.11. The summed E-state index contributed by atoms with van der Waals surface area (Å²) >= 11 is 13.3. The molecule has 1 atom stereocenters. The van der Waals surface area contributed by atoms with Crippen LogP contribution in [-0.2, 0) is 4.79 Å². The molecule has 0 aliphatic carbocycles. The normalized spacial score (nSPS) is 18.9. The molecule has 1 aromatic carbocycles. The fraction of sp³-hybridized carbons (Fsp3) is 0.462. The zero-order valence-corrected chi connectivity index (χ0v) is 12.6. The van der Waals surface area contributed by atoms with Gasteiger partial charge in [0, 0.05) is 16.5 Å². The van der Waals surface area contributed by atoms with E-state index in [-0.39, 0.29) is 18.6 Å². The Morgan fingerprint density at radius 1 is 1.47 bits per heavy atom. The number of likely N-dealkylation sites (tertiary alicyclic amines) is 1. The minimum atomic E-state index is -0.0251. The largest absolute Gasteiger partial charge is 0.394 e. The Morgan fingerprint density at radius 3 is 3.00 bits per heavy atom. The Hall–Kier alpha value is -0.420. The van der Waals surface area contributed by atoms with Gasteiger partial charge in [-0.3, -0.25) is 4.79 Å². The van der Waals surface area contributed by atoms with Crippen LogP contribution in [0.3, 0.4) is 0 Å². The highest BCUT2D eigenvalue weighted by molar-refractivity contribution is 8.00. The molecule has 6 heteroatoms. The summed E-state index contributed by atoms with van der Waals surface area (Å²) in [5, 5.41) is 10.4. The molecule has 1 heterocycles. The SMILES string of the molecule is O=C(CSc1cc(Cl)ccc1Cl)N1CCC[C@H]1CO. The zero-order chi connectivity index (χ0) is 13.8. The molecular weight excluding hydrogens is 305 g/mol. The second-order valence-electron chi connectivity index (χ2n) is 4.43. The summed E-state index contributed by atoms with van der Waals surface area (Å²) in [7, 11) is 0. The van der Waals surface area contributed by atoms with Gasteiger partial charge >= 0.3 is 0 Å². The molecule has 104 valence electrons. The molecule has 1 N–H and O–H groups in total. The lowest BCUT2D eigenvalue weighted by molar-refractivity contribution is -0.129. The summed E-state index contributed by atoms with van der Waals surface area (Å²) in [6.45, 7) is 0.766. The van der Waals surface area contributed by atoms with Crippen LogP contribution in [0.4, 0.5) is 0 Å². The maximum absolute atomic E-state index is 12.1. The van der Waals surface area contributed by atoms with E-state index in [1.807, 2.05) is 0 Å².